The minimum atomic E-state index is -4.69. The molecule has 222 valence electrons. The van der Waals surface area contributed by atoms with E-state index >= 15 is 0 Å². The molecule has 0 spiro atoms. The van der Waals surface area contributed by atoms with E-state index in [9.17, 15) is 13.2 Å². The Morgan fingerprint density at radius 1 is 0.773 bits per heavy atom. The molecule has 0 aliphatic rings. The number of hydrogen-bond acceptors (Lipinski definition) is 3. The number of aromatic nitrogens is 3. The van der Waals surface area contributed by atoms with Crippen molar-refractivity contribution in [3.05, 3.63) is 128 Å². The number of fused-ring (bicyclic) bond motifs is 1. The van der Waals surface area contributed by atoms with Gasteiger partial charge in [0.1, 0.15) is 18.1 Å². The minimum Gasteiger partial charge on any atom is -0.489 e. The molecule has 6 aromatic rings. The lowest BCUT2D eigenvalue weighted by atomic mass is 10.0. The number of nitrogens with zero attached hydrogens (tertiary/aromatic N) is 3. The summed E-state index contributed by atoms with van der Waals surface area (Å²) in [6, 6.07) is 25.3. The molecule has 0 fully saturated rings. The third kappa shape index (κ3) is 5.87. The molecule has 0 atom stereocenters. The molecule has 0 radical (unpaired) electrons. The molecule has 2 aromatic heterocycles. The molecular formula is C34H23Cl3F3N3O. The molecule has 6 rings (SSSR count). The van der Waals surface area contributed by atoms with E-state index in [1.165, 1.54) is 4.68 Å². The smallest absolute Gasteiger partial charge is 0.417 e. The van der Waals surface area contributed by atoms with Gasteiger partial charge in [-0.25, -0.2) is 9.67 Å². The molecule has 10 heteroatoms. The van der Waals surface area contributed by atoms with E-state index < -0.39 is 11.7 Å². The van der Waals surface area contributed by atoms with Crippen LogP contribution in [0.1, 0.15) is 22.3 Å². The predicted octanol–water partition coefficient (Wildman–Crippen LogP) is 10.9. The van der Waals surface area contributed by atoms with Crippen molar-refractivity contribution in [2.75, 3.05) is 0 Å². The molecule has 0 bridgehead atoms. The van der Waals surface area contributed by atoms with Crippen molar-refractivity contribution in [2.24, 2.45) is 0 Å². The van der Waals surface area contributed by atoms with Crippen molar-refractivity contribution in [1.29, 1.82) is 0 Å². The quantitative estimate of drug-likeness (QED) is 0.180. The standard InChI is InChI=1S/C34H23Cl3F3N3O/c1-19-6-9-22(10-7-19)32-31-26(34(38,39)40)17-30(41-33(31)43(42-32)23-13-8-20(2)29(37)16-23)21-11-14-24(15-12-21)44-18-25-27(35)4-3-5-28(25)36/h3-17H,18H2,1-2H3. The zero-order valence-electron chi connectivity index (χ0n) is 23.4. The highest BCUT2D eigenvalue weighted by atomic mass is 35.5. The van der Waals surface area contributed by atoms with Gasteiger partial charge >= 0.3 is 6.18 Å². The Morgan fingerprint density at radius 2 is 1.43 bits per heavy atom. The number of hydrogen-bond donors (Lipinski definition) is 0. The van der Waals surface area contributed by atoms with E-state index in [-0.39, 0.29) is 29.0 Å². The highest BCUT2D eigenvalue weighted by molar-refractivity contribution is 6.36. The van der Waals surface area contributed by atoms with Crippen LogP contribution in [0, 0.1) is 13.8 Å². The van der Waals surface area contributed by atoms with Gasteiger partial charge in [0.2, 0.25) is 0 Å². The normalized spacial score (nSPS) is 11.7. The molecule has 2 heterocycles. The van der Waals surface area contributed by atoms with Gasteiger partial charge in [0.05, 0.1) is 22.3 Å². The Hall–Kier alpha value is -4.04. The fourth-order valence-electron chi connectivity index (χ4n) is 4.84. The predicted molar refractivity (Wildman–Crippen MR) is 170 cm³/mol. The average molecular weight is 653 g/mol. The Labute approximate surface area is 266 Å². The van der Waals surface area contributed by atoms with Gasteiger partial charge in [-0.1, -0.05) is 76.8 Å². The van der Waals surface area contributed by atoms with Crippen LogP contribution in [0.25, 0.3) is 39.2 Å². The zero-order chi connectivity index (χ0) is 31.2. The monoisotopic (exact) mass is 651 g/mol. The topological polar surface area (TPSA) is 39.9 Å². The highest BCUT2D eigenvalue weighted by Crippen LogP contribution is 2.42. The van der Waals surface area contributed by atoms with Gasteiger partial charge in [-0.3, -0.25) is 0 Å². The molecule has 0 unspecified atom stereocenters. The first-order valence-electron chi connectivity index (χ1n) is 13.5. The van der Waals surface area contributed by atoms with E-state index in [1.54, 1.807) is 72.8 Å². The minimum absolute atomic E-state index is 0.0546. The Bertz CT molecular complexity index is 1980. The first-order valence-corrected chi connectivity index (χ1v) is 14.6. The van der Waals surface area contributed by atoms with Gasteiger partial charge in [0.25, 0.3) is 0 Å². The molecule has 44 heavy (non-hydrogen) atoms. The lowest BCUT2D eigenvalue weighted by Gasteiger charge is -2.13. The average Bonchev–Trinajstić information content (AvgIpc) is 3.37. The van der Waals surface area contributed by atoms with Crippen LogP contribution in [-0.2, 0) is 12.8 Å². The molecule has 4 aromatic carbocycles. The summed E-state index contributed by atoms with van der Waals surface area (Å²) in [5, 5.41) is 5.99. The summed E-state index contributed by atoms with van der Waals surface area (Å²) in [6.45, 7) is 3.88. The second-order valence-electron chi connectivity index (χ2n) is 10.3. The Kier molecular flexibility index (Phi) is 8.05. The number of aryl methyl sites for hydroxylation is 2. The van der Waals surface area contributed by atoms with Crippen LogP contribution in [0.2, 0.25) is 15.1 Å². The number of pyridine rings is 1. The van der Waals surface area contributed by atoms with Gasteiger partial charge in [-0.15, -0.1) is 0 Å². The fraction of sp³-hybridized carbons (Fsp3) is 0.118. The molecule has 0 amide bonds. The summed E-state index contributed by atoms with van der Waals surface area (Å²) < 4.78 is 51.6. The summed E-state index contributed by atoms with van der Waals surface area (Å²) >= 11 is 18.9. The van der Waals surface area contributed by atoms with Crippen LogP contribution in [0.15, 0.2) is 91.0 Å². The maximum atomic E-state index is 14.8. The van der Waals surface area contributed by atoms with Gasteiger partial charge < -0.3 is 4.74 Å². The van der Waals surface area contributed by atoms with Crippen LogP contribution in [0.3, 0.4) is 0 Å². The summed E-state index contributed by atoms with van der Waals surface area (Å²) in [5.74, 6) is 0.489. The third-order valence-corrected chi connectivity index (χ3v) is 8.38. The number of benzene rings is 4. The number of alkyl halides is 3. The van der Waals surface area contributed by atoms with Crippen molar-refractivity contribution in [2.45, 2.75) is 26.6 Å². The van der Waals surface area contributed by atoms with E-state index in [2.05, 4.69) is 5.10 Å². The lowest BCUT2D eigenvalue weighted by molar-refractivity contribution is -0.136. The molecule has 0 saturated heterocycles. The molecule has 0 saturated carbocycles. The van der Waals surface area contributed by atoms with Crippen LogP contribution >= 0.6 is 34.8 Å². The van der Waals surface area contributed by atoms with E-state index in [1.807, 2.05) is 26.0 Å². The van der Waals surface area contributed by atoms with Crippen LogP contribution in [0.4, 0.5) is 13.2 Å². The fourth-order valence-corrected chi connectivity index (χ4v) is 5.52. The van der Waals surface area contributed by atoms with E-state index in [0.29, 0.717) is 43.2 Å². The van der Waals surface area contributed by atoms with Crippen molar-refractivity contribution in [3.63, 3.8) is 0 Å². The first kappa shape index (κ1) is 30.0. The number of ether oxygens (including phenoxy) is 1. The van der Waals surface area contributed by atoms with Crippen molar-refractivity contribution in [3.8, 4) is 34.0 Å². The van der Waals surface area contributed by atoms with Crippen LogP contribution in [-0.4, -0.2) is 14.8 Å². The lowest BCUT2D eigenvalue weighted by Crippen LogP contribution is -2.08. The molecule has 0 aliphatic heterocycles. The Morgan fingerprint density at radius 3 is 2.07 bits per heavy atom. The number of rotatable bonds is 6. The highest BCUT2D eigenvalue weighted by Gasteiger charge is 2.36. The summed E-state index contributed by atoms with van der Waals surface area (Å²) in [5.41, 5.74) is 3.44. The second kappa shape index (κ2) is 11.8. The van der Waals surface area contributed by atoms with Gasteiger partial charge in [0.15, 0.2) is 5.65 Å². The maximum Gasteiger partial charge on any atom is 0.417 e. The zero-order valence-corrected chi connectivity index (χ0v) is 25.7. The van der Waals surface area contributed by atoms with Crippen molar-refractivity contribution in [1.82, 2.24) is 14.8 Å². The summed E-state index contributed by atoms with van der Waals surface area (Å²) in [7, 11) is 0. The number of halogens is 6. The second-order valence-corrected chi connectivity index (χ2v) is 11.5. The van der Waals surface area contributed by atoms with Gasteiger partial charge in [-0.2, -0.15) is 18.3 Å². The first-order chi connectivity index (χ1) is 21.0. The molecular weight excluding hydrogens is 630 g/mol. The molecule has 4 nitrogen and oxygen atoms in total. The van der Waals surface area contributed by atoms with E-state index in [0.717, 1.165) is 17.2 Å². The van der Waals surface area contributed by atoms with Crippen molar-refractivity contribution >= 4 is 45.8 Å². The van der Waals surface area contributed by atoms with Crippen LogP contribution in [0.5, 0.6) is 5.75 Å². The summed E-state index contributed by atoms with van der Waals surface area (Å²) in [6.07, 6.45) is -4.69. The van der Waals surface area contributed by atoms with Crippen molar-refractivity contribution < 1.29 is 17.9 Å². The summed E-state index contributed by atoms with van der Waals surface area (Å²) in [4.78, 5) is 4.74. The van der Waals surface area contributed by atoms with Gasteiger partial charge in [-0.05, 0) is 74.0 Å². The maximum absolute atomic E-state index is 14.8. The largest absolute Gasteiger partial charge is 0.489 e. The third-order valence-electron chi connectivity index (χ3n) is 7.26. The van der Waals surface area contributed by atoms with Crippen LogP contribution < -0.4 is 4.74 Å². The van der Waals surface area contributed by atoms with E-state index in [4.69, 9.17) is 44.5 Å². The SMILES string of the molecule is Cc1ccc(-c2nn(-c3ccc(C)c(Cl)c3)c3nc(-c4ccc(OCc5c(Cl)cccc5Cl)cc4)cc(C(F)(F)F)c23)cc1. The molecule has 0 N–H and O–H groups in total. The van der Waals surface area contributed by atoms with Gasteiger partial charge in [0, 0.05) is 31.8 Å². The molecule has 0 aliphatic carbocycles. The Balaban J connectivity index is 1.48.